The van der Waals surface area contributed by atoms with Crippen LogP contribution in [0.15, 0.2) is 83.1 Å². The van der Waals surface area contributed by atoms with Crippen molar-refractivity contribution >= 4 is 23.9 Å². The van der Waals surface area contributed by atoms with Crippen molar-refractivity contribution in [1.29, 1.82) is 0 Å². The van der Waals surface area contributed by atoms with E-state index in [0.29, 0.717) is 11.0 Å². The molecule has 0 atom stereocenters. The minimum Gasteiger partial charge on any atom is -0.497 e. The molecule has 1 amide bonds. The monoisotopic (exact) mass is 487 g/mol. The Morgan fingerprint density at radius 3 is 2.34 bits per heavy atom. The van der Waals surface area contributed by atoms with Gasteiger partial charge in [0.25, 0.3) is 5.91 Å². The second kappa shape index (κ2) is 11.3. The van der Waals surface area contributed by atoms with Gasteiger partial charge in [-0.1, -0.05) is 41.6 Å². The Bertz CT molecular complexity index is 1320. The van der Waals surface area contributed by atoms with Crippen molar-refractivity contribution < 1.29 is 14.3 Å². The number of carbonyl (C=O) groups excluding carboxylic acids is 1. The molecule has 4 rings (SSSR count). The molecule has 35 heavy (non-hydrogen) atoms. The van der Waals surface area contributed by atoms with E-state index in [9.17, 15) is 4.79 Å². The molecule has 0 spiro atoms. The van der Waals surface area contributed by atoms with E-state index in [1.807, 2.05) is 84.3 Å². The van der Waals surface area contributed by atoms with E-state index in [-0.39, 0.29) is 11.7 Å². The van der Waals surface area contributed by atoms with Gasteiger partial charge >= 0.3 is 0 Å². The van der Waals surface area contributed by atoms with E-state index in [0.717, 1.165) is 33.9 Å². The molecule has 1 N–H and O–H groups in total. The van der Waals surface area contributed by atoms with Gasteiger partial charge in [-0.15, -0.1) is 10.2 Å². The number of carbonyl (C=O) groups is 1. The van der Waals surface area contributed by atoms with Crippen LogP contribution in [0.3, 0.4) is 0 Å². The Morgan fingerprint density at radius 2 is 1.69 bits per heavy atom. The van der Waals surface area contributed by atoms with Crippen LogP contribution >= 0.6 is 11.8 Å². The largest absolute Gasteiger partial charge is 0.497 e. The Hall–Kier alpha value is -4.11. The quantitative estimate of drug-likeness (QED) is 0.212. The molecule has 4 aromatic rings. The van der Waals surface area contributed by atoms with Crippen molar-refractivity contribution in [3.63, 3.8) is 0 Å². The van der Waals surface area contributed by atoms with Gasteiger partial charge in [-0.3, -0.25) is 9.36 Å². The Kier molecular flexibility index (Phi) is 7.79. The first-order valence-corrected chi connectivity index (χ1v) is 11.8. The van der Waals surface area contributed by atoms with Crippen LogP contribution in [0.5, 0.6) is 11.5 Å². The number of hydrogen-bond acceptors (Lipinski definition) is 7. The van der Waals surface area contributed by atoms with Gasteiger partial charge in [0.05, 0.1) is 26.2 Å². The standard InChI is InChI=1S/C26H25N5O3S/c1-18-5-4-6-19(15-18)16-27-28-24(32)17-35-26-30-29-25(20-7-11-22(33-2)12-8-20)31(26)21-9-13-23(34-3)14-10-21/h4-16H,17H2,1-3H3,(H,28,32)/b27-16+. The average molecular weight is 488 g/mol. The number of ether oxygens (including phenoxy) is 2. The molecule has 8 nitrogen and oxygen atoms in total. The van der Waals surface area contributed by atoms with Crippen LogP contribution in [0.4, 0.5) is 0 Å². The Labute approximate surface area is 208 Å². The van der Waals surface area contributed by atoms with Gasteiger partial charge in [0, 0.05) is 11.3 Å². The van der Waals surface area contributed by atoms with Gasteiger partial charge in [0.15, 0.2) is 11.0 Å². The highest BCUT2D eigenvalue weighted by Gasteiger charge is 2.17. The van der Waals surface area contributed by atoms with E-state index in [1.165, 1.54) is 11.8 Å². The number of thioether (sulfide) groups is 1. The fourth-order valence-electron chi connectivity index (χ4n) is 3.35. The number of benzene rings is 3. The van der Waals surface area contributed by atoms with Gasteiger partial charge in [-0.2, -0.15) is 5.10 Å². The average Bonchev–Trinajstić information content (AvgIpc) is 3.31. The molecule has 1 aromatic heterocycles. The molecule has 0 aliphatic carbocycles. The van der Waals surface area contributed by atoms with Crippen LogP contribution < -0.4 is 14.9 Å². The molecule has 0 unspecified atom stereocenters. The number of nitrogens with zero attached hydrogens (tertiary/aromatic N) is 4. The predicted octanol–water partition coefficient (Wildman–Crippen LogP) is 4.50. The number of hydrogen-bond donors (Lipinski definition) is 1. The number of rotatable bonds is 9. The Morgan fingerprint density at radius 1 is 1.00 bits per heavy atom. The molecular weight excluding hydrogens is 462 g/mol. The second-order valence-corrected chi connectivity index (χ2v) is 8.51. The van der Waals surface area contributed by atoms with Crippen LogP contribution in [0, 0.1) is 6.92 Å². The number of aromatic nitrogens is 3. The maximum Gasteiger partial charge on any atom is 0.250 e. The second-order valence-electron chi connectivity index (χ2n) is 7.56. The number of methoxy groups -OCH3 is 2. The lowest BCUT2D eigenvalue weighted by molar-refractivity contribution is -0.118. The third-order valence-electron chi connectivity index (χ3n) is 5.09. The lowest BCUT2D eigenvalue weighted by Gasteiger charge is -2.11. The van der Waals surface area contributed by atoms with Crippen LogP contribution in [0.25, 0.3) is 17.1 Å². The molecule has 0 saturated heterocycles. The molecule has 178 valence electrons. The molecule has 0 bridgehead atoms. The molecule has 0 aliphatic rings. The first-order chi connectivity index (χ1) is 17.1. The van der Waals surface area contributed by atoms with E-state index in [2.05, 4.69) is 20.7 Å². The highest BCUT2D eigenvalue weighted by atomic mass is 32.2. The summed E-state index contributed by atoms with van der Waals surface area (Å²) in [5.74, 6) is 2.03. The van der Waals surface area contributed by atoms with Crippen molar-refractivity contribution in [1.82, 2.24) is 20.2 Å². The van der Waals surface area contributed by atoms with Crippen LogP contribution in [-0.2, 0) is 4.79 Å². The molecule has 0 radical (unpaired) electrons. The molecule has 0 fully saturated rings. The van der Waals surface area contributed by atoms with Gasteiger partial charge in [0.1, 0.15) is 11.5 Å². The first kappa shape index (κ1) is 24.0. The molecule has 3 aromatic carbocycles. The number of hydrazone groups is 1. The number of aryl methyl sites for hydroxylation is 1. The number of amides is 1. The normalized spacial score (nSPS) is 10.9. The smallest absolute Gasteiger partial charge is 0.250 e. The highest BCUT2D eigenvalue weighted by molar-refractivity contribution is 7.99. The fourth-order valence-corrected chi connectivity index (χ4v) is 4.09. The van der Waals surface area contributed by atoms with Crippen molar-refractivity contribution in [2.75, 3.05) is 20.0 Å². The van der Waals surface area contributed by atoms with Crippen molar-refractivity contribution in [2.45, 2.75) is 12.1 Å². The lowest BCUT2D eigenvalue weighted by Crippen LogP contribution is -2.20. The molecule has 0 aliphatic heterocycles. The molecule has 1 heterocycles. The zero-order valence-corrected chi connectivity index (χ0v) is 20.5. The predicted molar refractivity (Wildman–Crippen MR) is 138 cm³/mol. The third-order valence-corrected chi connectivity index (χ3v) is 6.02. The van der Waals surface area contributed by atoms with E-state index < -0.39 is 0 Å². The van der Waals surface area contributed by atoms with Crippen molar-refractivity contribution in [2.24, 2.45) is 5.10 Å². The SMILES string of the molecule is COc1ccc(-c2nnc(SCC(=O)N/N=C/c3cccc(C)c3)n2-c2ccc(OC)cc2)cc1. The zero-order chi connectivity index (χ0) is 24.6. The van der Waals surface area contributed by atoms with Crippen LogP contribution in [-0.4, -0.2) is 46.9 Å². The highest BCUT2D eigenvalue weighted by Crippen LogP contribution is 2.29. The van der Waals surface area contributed by atoms with Gasteiger partial charge in [0.2, 0.25) is 0 Å². The van der Waals surface area contributed by atoms with Gasteiger partial charge in [-0.05, 0) is 61.0 Å². The fraction of sp³-hybridized carbons (Fsp3) is 0.154. The summed E-state index contributed by atoms with van der Waals surface area (Å²) in [5, 5.41) is 13.4. The van der Waals surface area contributed by atoms with Crippen molar-refractivity contribution in [3.8, 4) is 28.6 Å². The number of nitrogens with one attached hydrogen (secondary N) is 1. The maximum absolute atomic E-state index is 12.4. The molecule has 0 saturated carbocycles. The van der Waals surface area contributed by atoms with E-state index in [1.54, 1.807) is 20.4 Å². The summed E-state index contributed by atoms with van der Waals surface area (Å²) >= 11 is 1.28. The minimum atomic E-state index is -0.241. The summed E-state index contributed by atoms with van der Waals surface area (Å²) in [5.41, 5.74) is 6.33. The van der Waals surface area contributed by atoms with Crippen molar-refractivity contribution in [3.05, 3.63) is 83.9 Å². The minimum absolute atomic E-state index is 0.127. The Balaban J connectivity index is 1.53. The molecular formula is C26H25N5O3S. The van der Waals surface area contributed by atoms with Gasteiger partial charge in [-0.25, -0.2) is 5.43 Å². The first-order valence-electron chi connectivity index (χ1n) is 10.8. The lowest BCUT2D eigenvalue weighted by atomic mass is 10.2. The van der Waals surface area contributed by atoms with Crippen LogP contribution in [0.1, 0.15) is 11.1 Å². The summed E-state index contributed by atoms with van der Waals surface area (Å²) < 4.78 is 12.5. The van der Waals surface area contributed by atoms with Crippen LogP contribution in [0.2, 0.25) is 0 Å². The summed E-state index contributed by atoms with van der Waals surface area (Å²) in [4.78, 5) is 12.4. The zero-order valence-electron chi connectivity index (χ0n) is 19.6. The van der Waals surface area contributed by atoms with E-state index in [4.69, 9.17) is 9.47 Å². The maximum atomic E-state index is 12.4. The topological polar surface area (TPSA) is 90.6 Å². The summed E-state index contributed by atoms with van der Waals surface area (Å²) in [7, 11) is 3.25. The summed E-state index contributed by atoms with van der Waals surface area (Å²) in [6, 6.07) is 23.0. The van der Waals surface area contributed by atoms with Gasteiger partial charge < -0.3 is 9.47 Å². The third kappa shape index (κ3) is 6.07. The summed E-state index contributed by atoms with van der Waals surface area (Å²) in [6.45, 7) is 2.01. The van der Waals surface area contributed by atoms with E-state index >= 15 is 0 Å². The summed E-state index contributed by atoms with van der Waals surface area (Å²) in [6.07, 6.45) is 1.62. The molecule has 9 heteroatoms.